The zero-order valence-electron chi connectivity index (χ0n) is 14.1. The molecule has 2 amide bonds. The largest absolute Gasteiger partial charge is 0.396 e. The predicted octanol–water partition coefficient (Wildman–Crippen LogP) is 1.81. The van der Waals surface area contributed by atoms with Crippen LogP contribution in [0.2, 0.25) is 0 Å². The van der Waals surface area contributed by atoms with Gasteiger partial charge in [-0.1, -0.05) is 20.8 Å². The maximum Gasteiger partial charge on any atom is 0.315 e. The second-order valence-electron chi connectivity index (χ2n) is 6.80. The van der Waals surface area contributed by atoms with E-state index in [-0.39, 0.29) is 24.7 Å². The standard InChI is InChI=1S/C16H33N3O2/c1-5-15(6-7-20)18-16(21)17-14(4)11-19-9-12(2)8-13(3)10-19/h12-15,20H,5-11H2,1-4H3,(H2,17,18,21). The third-order valence-corrected chi connectivity index (χ3v) is 4.16. The molecule has 1 fully saturated rings. The fourth-order valence-electron chi connectivity index (χ4n) is 3.36. The molecule has 0 aliphatic carbocycles. The first-order chi connectivity index (χ1) is 9.94. The van der Waals surface area contributed by atoms with Gasteiger partial charge in [0.25, 0.3) is 0 Å². The van der Waals surface area contributed by atoms with Crippen molar-refractivity contribution in [3.8, 4) is 0 Å². The lowest BCUT2D eigenvalue weighted by molar-refractivity contribution is 0.131. The van der Waals surface area contributed by atoms with Gasteiger partial charge < -0.3 is 20.6 Å². The molecule has 4 unspecified atom stereocenters. The summed E-state index contributed by atoms with van der Waals surface area (Å²) in [5.74, 6) is 1.48. The fraction of sp³-hybridized carbons (Fsp3) is 0.938. The number of rotatable bonds is 7. The Kier molecular flexibility index (Phi) is 8.04. The Morgan fingerprint density at radius 3 is 2.43 bits per heavy atom. The Morgan fingerprint density at radius 2 is 1.90 bits per heavy atom. The van der Waals surface area contributed by atoms with E-state index in [1.54, 1.807) is 0 Å². The summed E-state index contributed by atoms with van der Waals surface area (Å²) in [5, 5.41) is 14.9. The molecule has 21 heavy (non-hydrogen) atoms. The number of hydrogen-bond donors (Lipinski definition) is 3. The van der Waals surface area contributed by atoms with Crippen molar-refractivity contribution in [1.29, 1.82) is 0 Å². The number of likely N-dealkylation sites (tertiary alicyclic amines) is 1. The molecule has 1 aliphatic rings. The number of amides is 2. The Balaban J connectivity index is 2.31. The number of urea groups is 1. The Hall–Kier alpha value is -0.810. The number of piperidine rings is 1. The molecule has 1 heterocycles. The molecule has 0 radical (unpaired) electrons. The number of carbonyl (C=O) groups is 1. The highest BCUT2D eigenvalue weighted by atomic mass is 16.3. The second kappa shape index (κ2) is 9.26. The third-order valence-electron chi connectivity index (χ3n) is 4.16. The van der Waals surface area contributed by atoms with Crippen LogP contribution in [0.4, 0.5) is 4.79 Å². The topological polar surface area (TPSA) is 64.6 Å². The van der Waals surface area contributed by atoms with Gasteiger partial charge in [0.05, 0.1) is 0 Å². The summed E-state index contributed by atoms with van der Waals surface area (Å²) in [4.78, 5) is 14.4. The van der Waals surface area contributed by atoms with Gasteiger partial charge in [-0.25, -0.2) is 4.79 Å². The van der Waals surface area contributed by atoms with Crippen LogP contribution < -0.4 is 10.6 Å². The number of aliphatic hydroxyl groups excluding tert-OH is 1. The van der Waals surface area contributed by atoms with Crippen LogP contribution in [0.15, 0.2) is 0 Å². The fourth-order valence-corrected chi connectivity index (χ4v) is 3.36. The minimum absolute atomic E-state index is 0.0530. The number of aliphatic hydroxyl groups is 1. The lowest BCUT2D eigenvalue weighted by Gasteiger charge is -2.36. The molecular weight excluding hydrogens is 266 g/mol. The molecule has 3 N–H and O–H groups in total. The molecule has 4 atom stereocenters. The van der Waals surface area contributed by atoms with Crippen LogP contribution in [0.3, 0.4) is 0 Å². The van der Waals surface area contributed by atoms with E-state index in [0.717, 1.165) is 37.9 Å². The van der Waals surface area contributed by atoms with Gasteiger partial charge in [-0.2, -0.15) is 0 Å². The van der Waals surface area contributed by atoms with E-state index in [1.807, 2.05) is 6.92 Å². The van der Waals surface area contributed by atoms with Crippen LogP contribution >= 0.6 is 0 Å². The second-order valence-corrected chi connectivity index (χ2v) is 6.80. The van der Waals surface area contributed by atoms with E-state index in [0.29, 0.717) is 6.42 Å². The molecule has 1 saturated heterocycles. The van der Waals surface area contributed by atoms with E-state index in [2.05, 4.69) is 36.3 Å². The molecule has 0 aromatic carbocycles. The quantitative estimate of drug-likeness (QED) is 0.672. The van der Waals surface area contributed by atoms with E-state index in [9.17, 15) is 4.79 Å². The molecule has 0 saturated carbocycles. The first kappa shape index (κ1) is 18.2. The van der Waals surface area contributed by atoms with Gasteiger partial charge in [0, 0.05) is 38.3 Å². The smallest absolute Gasteiger partial charge is 0.315 e. The Morgan fingerprint density at radius 1 is 1.29 bits per heavy atom. The van der Waals surface area contributed by atoms with Gasteiger partial charge in [-0.05, 0) is 38.0 Å². The summed E-state index contributed by atoms with van der Waals surface area (Å²) in [6, 6.07) is 0.0623. The average Bonchev–Trinajstić information content (AvgIpc) is 2.36. The van der Waals surface area contributed by atoms with Gasteiger partial charge in [0.15, 0.2) is 0 Å². The van der Waals surface area contributed by atoms with E-state index in [1.165, 1.54) is 6.42 Å². The number of nitrogens with zero attached hydrogens (tertiary/aromatic N) is 1. The summed E-state index contributed by atoms with van der Waals surface area (Å²) in [7, 11) is 0. The van der Waals surface area contributed by atoms with Crippen molar-refractivity contribution in [3.63, 3.8) is 0 Å². The van der Waals surface area contributed by atoms with Crippen molar-refractivity contribution in [3.05, 3.63) is 0 Å². The van der Waals surface area contributed by atoms with Gasteiger partial charge in [-0.3, -0.25) is 0 Å². The van der Waals surface area contributed by atoms with Gasteiger partial charge in [0.1, 0.15) is 0 Å². The van der Waals surface area contributed by atoms with Crippen molar-refractivity contribution in [2.75, 3.05) is 26.2 Å². The lowest BCUT2D eigenvalue weighted by Crippen LogP contribution is -2.50. The normalized spacial score (nSPS) is 26.1. The summed E-state index contributed by atoms with van der Waals surface area (Å²) >= 11 is 0. The van der Waals surface area contributed by atoms with Gasteiger partial charge >= 0.3 is 6.03 Å². The monoisotopic (exact) mass is 299 g/mol. The first-order valence-electron chi connectivity index (χ1n) is 8.34. The van der Waals surface area contributed by atoms with Crippen LogP contribution in [0, 0.1) is 11.8 Å². The predicted molar refractivity (Wildman–Crippen MR) is 86.3 cm³/mol. The first-order valence-corrected chi connectivity index (χ1v) is 8.34. The van der Waals surface area contributed by atoms with Gasteiger partial charge in [0.2, 0.25) is 0 Å². The minimum atomic E-state index is -0.124. The van der Waals surface area contributed by atoms with Crippen molar-refractivity contribution in [2.45, 2.75) is 59.0 Å². The maximum atomic E-state index is 11.9. The highest BCUT2D eigenvalue weighted by Gasteiger charge is 2.23. The zero-order chi connectivity index (χ0) is 15.8. The molecule has 1 aliphatic heterocycles. The molecule has 5 nitrogen and oxygen atoms in total. The van der Waals surface area contributed by atoms with Crippen LogP contribution in [-0.2, 0) is 0 Å². The van der Waals surface area contributed by atoms with Crippen molar-refractivity contribution in [2.24, 2.45) is 11.8 Å². The summed E-state index contributed by atoms with van der Waals surface area (Å²) in [6.07, 6.45) is 2.75. The van der Waals surface area contributed by atoms with Gasteiger partial charge in [-0.15, -0.1) is 0 Å². The summed E-state index contributed by atoms with van der Waals surface area (Å²) in [5.41, 5.74) is 0. The highest BCUT2D eigenvalue weighted by molar-refractivity contribution is 5.74. The van der Waals surface area contributed by atoms with Crippen molar-refractivity contribution in [1.82, 2.24) is 15.5 Å². The van der Waals surface area contributed by atoms with Crippen LogP contribution in [0.25, 0.3) is 0 Å². The minimum Gasteiger partial charge on any atom is -0.396 e. The highest BCUT2D eigenvalue weighted by Crippen LogP contribution is 2.20. The zero-order valence-corrected chi connectivity index (χ0v) is 14.1. The average molecular weight is 299 g/mol. The molecule has 0 spiro atoms. The Labute approximate surface area is 129 Å². The SMILES string of the molecule is CCC(CCO)NC(=O)NC(C)CN1CC(C)CC(C)C1. The van der Waals surface area contributed by atoms with E-state index < -0.39 is 0 Å². The number of carbonyl (C=O) groups excluding carboxylic acids is 1. The number of hydrogen-bond acceptors (Lipinski definition) is 3. The summed E-state index contributed by atoms with van der Waals surface area (Å²) in [6.45, 7) is 11.9. The molecule has 5 heteroatoms. The van der Waals surface area contributed by atoms with E-state index >= 15 is 0 Å². The molecule has 124 valence electrons. The third kappa shape index (κ3) is 7.14. The molecule has 0 bridgehead atoms. The molecule has 0 aromatic rings. The lowest BCUT2D eigenvalue weighted by atomic mass is 9.92. The summed E-state index contributed by atoms with van der Waals surface area (Å²) < 4.78 is 0. The van der Waals surface area contributed by atoms with Crippen LogP contribution in [-0.4, -0.2) is 54.4 Å². The van der Waals surface area contributed by atoms with Crippen molar-refractivity contribution >= 4 is 6.03 Å². The van der Waals surface area contributed by atoms with E-state index in [4.69, 9.17) is 5.11 Å². The molecule has 1 rings (SSSR count). The Bertz CT molecular complexity index is 302. The molecular formula is C16H33N3O2. The van der Waals surface area contributed by atoms with Crippen LogP contribution in [0.1, 0.15) is 47.0 Å². The number of nitrogens with one attached hydrogen (secondary N) is 2. The van der Waals surface area contributed by atoms with Crippen LogP contribution in [0.5, 0.6) is 0 Å². The maximum absolute atomic E-state index is 11.9. The molecule has 0 aromatic heterocycles. The van der Waals surface area contributed by atoms with Crippen molar-refractivity contribution < 1.29 is 9.90 Å².